The summed E-state index contributed by atoms with van der Waals surface area (Å²) < 4.78 is 10.2. The first kappa shape index (κ1) is 19.4. The monoisotopic (exact) mass is 354 g/mol. The molecular formula is C21H22O5. The van der Waals surface area contributed by atoms with Crippen molar-refractivity contribution in [3.05, 3.63) is 64.2 Å². The summed E-state index contributed by atoms with van der Waals surface area (Å²) in [6, 6.07) is 9.98. The van der Waals surface area contributed by atoms with Crippen LogP contribution in [0.25, 0.3) is 0 Å². The zero-order valence-electron chi connectivity index (χ0n) is 15.4. The molecule has 0 radical (unpaired) electrons. The maximum absolute atomic E-state index is 12.5. The minimum absolute atomic E-state index is 0.101. The van der Waals surface area contributed by atoms with Crippen molar-refractivity contribution < 1.29 is 23.9 Å². The Bertz CT molecular complexity index is 811. The Kier molecular flexibility index (Phi) is 6.28. The first-order valence-corrected chi connectivity index (χ1v) is 8.38. The lowest BCUT2D eigenvalue weighted by Gasteiger charge is -2.11. The second-order valence-corrected chi connectivity index (χ2v) is 6.06. The molecule has 0 unspecified atom stereocenters. The second-order valence-electron chi connectivity index (χ2n) is 6.06. The maximum Gasteiger partial charge on any atom is 0.379 e. The van der Waals surface area contributed by atoms with Gasteiger partial charge in [0.1, 0.15) is 5.75 Å². The van der Waals surface area contributed by atoms with Gasteiger partial charge in [0, 0.05) is 11.1 Å². The summed E-state index contributed by atoms with van der Waals surface area (Å²) in [4.78, 5) is 35.7. The van der Waals surface area contributed by atoms with Gasteiger partial charge in [0.05, 0.1) is 6.61 Å². The van der Waals surface area contributed by atoms with Gasteiger partial charge in [0.2, 0.25) is 5.78 Å². The summed E-state index contributed by atoms with van der Waals surface area (Å²) >= 11 is 0. The molecule has 0 saturated heterocycles. The van der Waals surface area contributed by atoms with Crippen LogP contribution >= 0.6 is 0 Å². The fraction of sp³-hybridized carbons (Fsp3) is 0.286. The van der Waals surface area contributed by atoms with Crippen LogP contribution in [0.1, 0.15) is 44.3 Å². The third-order valence-electron chi connectivity index (χ3n) is 3.90. The lowest BCUT2D eigenvalue weighted by molar-refractivity contribution is -0.137. The SMILES string of the molecule is CCOC(=O)C(=O)c1ccc(OCC(=O)c2c(C)cc(C)cc2C)cc1. The number of carbonyl (C=O) groups is 3. The summed E-state index contributed by atoms with van der Waals surface area (Å²) in [7, 11) is 0. The van der Waals surface area contributed by atoms with E-state index in [-0.39, 0.29) is 24.6 Å². The average Bonchev–Trinajstić information content (AvgIpc) is 2.59. The molecule has 0 saturated carbocycles. The molecule has 0 heterocycles. The second kappa shape index (κ2) is 8.43. The zero-order valence-corrected chi connectivity index (χ0v) is 15.4. The Hall–Kier alpha value is -2.95. The van der Waals surface area contributed by atoms with E-state index in [1.807, 2.05) is 32.9 Å². The van der Waals surface area contributed by atoms with E-state index in [9.17, 15) is 14.4 Å². The van der Waals surface area contributed by atoms with Crippen molar-refractivity contribution in [1.82, 2.24) is 0 Å². The lowest BCUT2D eigenvalue weighted by Crippen LogP contribution is -2.17. The van der Waals surface area contributed by atoms with Gasteiger partial charge in [-0.25, -0.2) is 4.79 Å². The Morgan fingerprint density at radius 2 is 1.50 bits per heavy atom. The molecule has 5 heteroatoms. The van der Waals surface area contributed by atoms with E-state index in [2.05, 4.69) is 4.74 Å². The first-order chi connectivity index (χ1) is 12.3. The molecule has 26 heavy (non-hydrogen) atoms. The fourth-order valence-electron chi connectivity index (χ4n) is 2.86. The quantitative estimate of drug-likeness (QED) is 0.431. The highest BCUT2D eigenvalue weighted by molar-refractivity contribution is 6.40. The minimum atomic E-state index is -0.887. The number of ether oxygens (including phenoxy) is 2. The van der Waals surface area contributed by atoms with Gasteiger partial charge >= 0.3 is 5.97 Å². The number of hydrogen-bond acceptors (Lipinski definition) is 5. The Balaban J connectivity index is 2.03. The molecule has 2 aromatic rings. The van der Waals surface area contributed by atoms with Crippen molar-refractivity contribution in [2.75, 3.05) is 13.2 Å². The average molecular weight is 354 g/mol. The number of hydrogen-bond donors (Lipinski definition) is 0. The molecule has 0 fully saturated rings. The first-order valence-electron chi connectivity index (χ1n) is 8.38. The molecule has 0 aliphatic rings. The van der Waals surface area contributed by atoms with Crippen LogP contribution in [0.5, 0.6) is 5.75 Å². The number of carbonyl (C=O) groups excluding carboxylic acids is 3. The summed E-state index contributed by atoms with van der Waals surface area (Å²) in [6.07, 6.45) is 0. The molecule has 0 bridgehead atoms. The van der Waals surface area contributed by atoms with E-state index in [1.54, 1.807) is 19.1 Å². The molecule has 2 rings (SSSR count). The maximum atomic E-state index is 12.5. The minimum Gasteiger partial charge on any atom is -0.485 e. The third-order valence-corrected chi connectivity index (χ3v) is 3.90. The van der Waals surface area contributed by atoms with Gasteiger partial charge in [0.25, 0.3) is 5.78 Å². The van der Waals surface area contributed by atoms with Crippen molar-refractivity contribution in [2.45, 2.75) is 27.7 Å². The normalized spacial score (nSPS) is 10.3. The number of aryl methyl sites for hydroxylation is 3. The van der Waals surface area contributed by atoms with Crippen LogP contribution in [0, 0.1) is 20.8 Å². The topological polar surface area (TPSA) is 69.7 Å². The highest BCUT2D eigenvalue weighted by atomic mass is 16.5. The van der Waals surface area contributed by atoms with Crippen molar-refractivity contribution >= 4 is 17.5 Å². The highest BCUT2D eigenvalue weighted by Crippen LogP contribution is 2.18. The van der Waals surface area contributed by atoms with E-state index >= 15 is 0 Å². The van der Waals surface area contributed by atoms with Gasteiger partial charge in [-0.1, -0.05) is 17.7 Å². The van der Waals surface area contributed by atoms with Crippen molar-refractivity contribution in [2.24, 2.45) is 0 Å². The largest absolute Gasteiger partial charge is 0.485 e. The van der Waals surface area contributed by atoms with Crippen molar-refractivity contribution in [3.8, 4) is 5.75 Å². The number of esters is 1. The van der Waals surface area contributed by atoms with Crippen LogP contribution in [0.15, 0.2) is 36.4 Å². The Labute approximate surface area is 152 Å². The number of ketones is 2. The van der Waals surface area contributed by atoms with Crippen LogP contribution < -0.4 is 4.74 Å². The van der Waals surface area contributed by atoms with Crippen LogP contribution in [0.3, 0.4) is 0 Å². The van der Waals surface area contributed by atoms with Crippen molar-refractivity contribution in [1.29, 1.82) is 0 Å². The summed E-state index contributed by atoms with van der Waals surface area (Å²) in [6.45, 7) is 7.48. The van der Waals surface area contributed by atoms with Crippen molar-refractivity contribution in [3.63, 3.8) is 0 Å². The van der Waals surface area contributed by atoms with Gasteiger partial charge in [0.15, 0.2) is 6.61 Å². The molecule has 0 N–H and O–H groups in total. The van der Waals surface area contributed by atoms with Gasteiger partial charge in [-0.3, -0.25) is 9.59 Å². The molecular weight excluding hydrogens is 332 g/mol. The third kappa shape index (κ3) is 4.57. The van der Waals surface area contributed by atoms with E-state index < -0.39 is 11.8 Å². The predicted octanol–water partition coefficient (Wildman–Crippen LogP) is 3.62. The van der Waals surface area contributed by atoms with Crippen LogP contribution in [-0.4, -0.2) is 30.7 Å². The highest BCUT2D eigenvalue weighted by Gasteiger charge is 2.17. The summed E-state index contributed by atoms with van der Waals surface area (Å²) in [5, 5.41) is 0. The number of rotatable bonds is 7. The standard InChI is InChI=1S/C21H22O5/c1-5-25-21(24)20(23)16-6-8-17(9-7-16)26-12-18(22)19-14(3)10-13(2)11-15(19)4/h6-11H,5,12H2,1-4H3. The fourth-order valence-corrected chi connectivity index (χ4v) is 2.86. The molecule has 2 aromatic carbocycles. The van der Waals surface area contributed by atoms with E-state index in [1.165, 1.54) is 12.1 Å². The smallest absolute Gasteiger partial charge is 0.379 e. The zero-order chi connectivity index (χ0) is 19.3. The molecule has 5 nitrogen and oxygen atoms in total. The van der Waals surface area contributed by atoms with E-state index in [4.69, 9.17) is 4.74 Å². The Morgan fingerprint density at radius 3 is 2.04 bits per heavy atom. The molecule has 0 spiro atoms. The van der Waals surface area contributed by atoms with Gasteiger partial charge in [-0.2, -0.15) is 0 Å². The molecule has 0 aromatic heterocycles. The molecule has 0 atom stereocenters. The molecule has 0 aliphatic carbocycles. The van der Waals surface area contributed by atoms with Crippen LogP contribution in [0.2, 0.25) is 0 Å². The van der Waals surface area contributed by atoms with Gasteiger partial charge in [-0.15, -0.1) is 0 Å². The molecule has 0 aliphatic heterocycles. The molecule has 136 valence electrons. The number of Topliss-reactive ketones (excluding diaryl/α,β-unsaturated/α-hetero) is 2. The predicted molar refractivity (Wildman–Crippen MR) is 97.9 cm³/mol. The molecule has 0 amide bonds. The van der Waals surface area contributed by atoms with E-state index in [0.29, 0.717) is 11.3 Å². The van der Waals surface area contributed by atoms with Crippen LogP contribution in [0.4, 0.5) is 0 Å². The number of benzene rings is 2. The van der Waals surface area contributed by atoms with Gasteiger partial charge < -0.3 is 9.47 Å². The summed E-state index contributed by atoms with van der Waals surface area (Å²) in [5.74, 6) is -1.25. The van der Waals surface area contributed by atoms with Gasteiger partial charge in [-0.05, 0) is 63.1 Å². The van der Waals surface area contributed by atoms with E-state index in [0.717, 1.165) is 16.7 Å². The van der Waals surface area contributed by atoms with Crippen LogP contribution in [-0.2, 0) is 9.53 Å². The Morgan fingerprint density at radius 1 is 0.923 bits per heavy atom. The lowest BCUT2D eigenvalue weighted by atomic mass is 9.97. The summed E-state index contributed by atoms with van der Waals surface area (Å²) in [5.41, 5.74) is 3.84.